The third-order valence-corrected chi connectivity index (χ3v) is 2.59. The molecule has 0 aliphatic heterocycles. The monoisotopic (exact) mass is 297 g/mol. The molecule has 1 amide bonds. The smallest absolute Gasteiger partial charge is 0.285 e. The second kappa shape index (κ2) is 6.03. The molecular weight excluding hydrogens is 288 g/mol. The number of hydrogen-bond donors (Lipinski definition) is 2. The average molecular weight is 297 g/mol. The van der Waals surface area contributed by atoms with E-state index in [2.05, 4.69) is 20.5 Å². The molecule has 2 rings (SSSR count). The molecule has 0 unspecified atom stereocenters. The van der Waals surface area contributed by atoms with E-state index in [9.17, 15) is 23.7 Å². The fraction of sp³-hybridized carbons (Fsp3) is 0.182. The highest BCUT2D eigenvalue weighted by Gasteiger charge is 2.23. The molecule has 2 N–H and O–H groups in total. The van der Waals surface area contributed by atoms with Crippen molar-refractivity contribution >= 4 is 11.6 Å². The minimum Gasteiger partial charge on any atom is -0.351 e. The molecular formula is C11H9F2N5O3. The Morgan fingerprint density at radius 2 is 2.10 bits per heavy atom. The van der Waals surface area contributed by atoms with E-state index in [0.717, 1.165) is 0 Å². The number of carbonyl (C=O) groups is 1. The van der Waals surface area contributed by atoms with Crippen LogP contribution >= 0.6 is 0 Å². The Balaban J connectivity index is 2.11. The van der Waals surface area contributed by atoms with Crippen LogP contribution < -0.4 is 5.32 Å². The van der Waals surface area contributed by atoms with Gasteiger partial charge in [0, 0.05) is 13.0 Å². The average Bonchev–Trinajstić information content (AvgIpc) is 2.94. The summed E-state index contributed by atoms with van der Waals surface area (Å²) >= 11 is 0. The fourth-order valence-electron chi connectivity index (χ4n) is 1.61. The lowest BCUT2D eigenvalue weighted by Gasteiger charge is -2.05. The number of aromatic amines is 1. The first kappa shape index (κ1) is 14.5. The van der Waals surface area contributed by atoms with Gasteiger partial charge in [0.05, 0.1) is 11.0 Å². The Labute approximate surface area is 116 Å². The van der Waals surface area contributed by atoms with Crippen LogP contribution in [0.4, 0.5) is 14.5 Å². The van der Waals surface area contributed by atoms with Crippen molar-refractivity contribution in [1.82, 2.24) is 20.5 Å². The molecule has 1 aromatic carbocycles. The highest BCUT2D eigenvalue weighted by Crippen LogP contribution is 2.22. The molecule has 0 saturated carbocycles. The molecule has 2 aromatic rings. The molecule has 110 valence electrons. The second-order valence-electron chi connectivity index (χ2n) is 3.98. The Kier molecular flexibility index (Phi) is 4.16. The first-order chi connectivity index (χ1) is 9.99. The van der Waals surface area contributed by atoms with E-state index in [1.54, 1.807) is 0 Å². The standard InChI is InChI=1S/C11H9F2N5O3/c12-7-3-6(9(18(20)21)4-8(7)13)11(19)14-2-1-10-15-5-16-17-10/h3-5H,1-2H2,(H,14,19)(H,15,16,17). The summed E-state index contributed by atoms with van der Waals surface area (Å²) in [6.45, 7) is 0.101. The summed E-state index contributed by atoms with van der Waals surface area (Å²) in [5, 5.41) is 19.3. The molecule has 0 radical (unpaired) electrons. The van der Waals surface area contributed by atoms with Crippen molar-refractivity contribution in [2.75, 3.05) is 6.54 Å². The summed E-state index contributed by atoms with van der Waals surface area (Å²) in [4.78, 5) is 25.4. The minimum absolute atomic E-state index is 0.101. The number of carbonyl (C=O) groups excluding carboxylic acids is 1. The lowest BCUT2D eigenvalue weighted by Crippen LogP contribution is -2.27. The number of nitro groups is 1. The van der Waals surface area contributed by atoms with Crippen molar-refractivity contribution in [3.8, 4) is 0 Å². The number of H-pyrrole nitrogens is 1. The summed E-state index contributed by atoms with van der Waals surface area (Å²) in [5.74, 6) is -3.09. The zero-order valence-electron chi connectivity index (χ0n) is 10.5. The number of nitrogens with one attached hydrogen (secondary N) is 2. The minimum atomic E-state index is -1.39. The number of amides is 1. The van der Waals surface area contributed by atoms with Gasteiger partial charge >= 0.3 is 0 Å². The predicted molar refractivity (Wildman–Crippen MR) is 65.4 cm³/mol. The highest BCUT2D eigenvalue weighted by atomic mass is 19.2. The van der Waals surface area contributed by atoms with E-state index in [4.69, 9.17) is 0 Å². The molecule has 0 atom stereocenters. The van der Waals surface area contributed by atoms with Crippen LogP contribution in [0, 0.1) is 21.7 Å². The molecule has 0 fully saturated rings. The number of halogens is 2. The van der Waals surface area contributed by atoms with Crippen molar-refractivity contribution in [2.24, 2.45) is 0 Å². The zero-order valence-corrected chi connectivity index (χ0v) is 10.5. The van der Waals surface area contributed by atoms with Gasteiger partial charge in [-0.25, -0.2) is 13.8 Å². The van der Waals surface area contributed by atoms with Gasteiger partial charge in [-0.05, 0) is 6.07 Å². The topological polar surface area (TPSA) is 114 Å². The van der Waals surface area contributed by atoms with Gasteiger partial charge in [-0.1, -0.05) is 0 Å². The van der Waals surface area contributed by atoms with Gasteiger partial charge in [0.25, 0.3) is 11.6 Å². The van der Waals surface area contributed by atoms with E-state index < -0.39 is 33.7 Å². The Bertz CT molecular complexity index is 675. The van der Waals surface area contributed by atoms with Gasteiger partial charge in [0.1, 0.15) is 17.7 Å². The van der Waals surface area contributed by atoms with Crippen molar-refractivity contribution in [2.45, 2.75) is 6.42 Å². The zero-order chi connectivity index (χ0) is 15.4. The van der Waals surface area contributed by atoms with Crippen molar-refractivity contribution in [3.63, 3.8) is 0 Å². The molecule has 1 heterocycles. The quantitative estimate of drug-likeness (QED) is 0.630. The van der Waals surface area contributed by atoms with Crippen LogP contribution in [0.5, 0.6) is 0 Å². The number of rotatable bonds is 5. The molecule has 0 aliphatic rings. The van der Waals surface area contributed by atoms with Crippen LogP contribution in [0.2, 0.25) is 0 Å². The highest BCUT2D eigenvalue weighted by molar-refractivity contribution is 5.98. The lowest BCUT2D eigenvalue weighted by molar-refractivity contribution is -0.385. The van der Waals surface area contributed by atoms with Gasteiger partial charge in [-0.3, -0.25) is 20.0 Å². The Hall–Kier alpha value is -2.91. The Morgan fingerprint density at radius 1 is 1.38 bits per heavy atom. The summed E-state index contributed by atoms with van der Waals surface area (Å²) in [6, 6.07) is 0.873. The fourth-order valence-corrected chi connectivity index (χ4v) is 1.61. The van der Waals surface area contributed by atoms with Crippen LogP contribution in [0.1, 0.15) is 16.2 Å². The molecule has 1 aromatic heterocycles. The molecule has 0 aliphatic carbocycles. The summed E-state index contributed by atoms with van der Waals surface area (Å²) in [5.41, 5.74) is -1.34. The summed E-state index contributed by atoms with van der Waals surface area (Å²) in [7, 11) is 0. The van der Waals surface area contributed by atoms with Gasteiger partial charge < -0.3 is 5.32 Å². The van der Waals surface area contributed by atoms with Crippen LogP contribution in [0.25, 0.3) is 0 Å². The van der Waals surface area contributed by atoms with Gasteiger partial charge in [-0.2, -0.15) is 5.10 Å². The van der Waals surface area contributed by atoms with Crippen LogP contribution in [-0.4, -0.2) is 32.6 Å². The summed E-state index contributed by atoms with van der Waals surface area (Å²) in [6.07, 6.45) is 1.60. The van der Waals surface area contributed by atoms with Crippen LogP contribution in [0.15, 0.2) is 18.5 Å². The van der Waals surface area contributed by atoms with E-state index in [1.807, 2.05) is 0 Å². The molecule has 0 bridgehead atoms. The first-order valence-corrected chi connectivity index (χ1v) is 5.75. The number of hydrogen-bond acceptors (Lipinski definition) is 5. The number of nitrogens with zero attached hydrogens (tertiary/aromatic N) is 3. The number of nitro benzene ring substituents is 1. The van der Waals surface area contributed by atoms with E-state index in [0.29, 0.717) is 24.4 Å². The van der Waals surface area contributed by atoms with E-state index in [1.165, 1.54) is 6.33 Å². The van der Waals surface area contributed by atoms with Crippen LogP contribution in [-0.2, 0) is 6.42 Å². The maximum absolute atomic E-state index is 13.1. The molecule has 0 saturated heterocycles. The first-order valence-electron chi connectivity index (χ1n) is 5.75. The third kappa shape index (κ3) is 3.35. The molecule has 8 nitrogen and oxygen atoms in total. The second-order valence-corrected chi connectivity index (χ2v) is 3.98. The van der Waals surface area contributed by atoms with Gasteiger partial charge in [0.2, 0.25) is 0 Å². The summed E-state index contributed by atoms with van der Waals surface area (Å²) < 4.78 is 26.1. The van der Waals surface area contributed by atoms with E-state index in [-0.39, 0.29) is 6.54 Å². The van der Waals surface area contributed by atoms with Crippen molar-refractivity contribution in [3.05, 3.63) is 51.6 Å². The van der Waals surface area contributed by atoms with Crippen molar-refractivity contribution in [1.29, 1.82) is 0 Å². The van der Waals surface area contributed by atoms with Crippen LogP contribution in [0.3, 0.4) is 0 Å². The third-order valence-electron chi connectivity index (χ3n) is 2.59. The largest absolute Gasteiger partial charge is 0.351 e. The maximum Gasteiger partial charge on any atom is 0.285 e. The Morgan fingerprint density at radius 3 is 2.71 bits per heavy atom. The maximum atomic E-state index is 13.1. The SMILES string of the molecule is O=C(NCCc1ncn[nH]1)c1cc(F)c(F)cc1[N+](=O)[O-]. The van der Waals surface area contributed by atoms with E-state index >= 15 is 0 Å². The van der Waals surface area contributed by atoms with Crippen molar-refractivity contribution < 1.29 is 18.5 Å². The predicted octanol–water partition coefficient (Wildman–Crippen LogP) is 0.964. The molecule has 10 heteroatoms. The number of aromatic nitrogens is 3. The molecule has 0 spiro atoms. The number of benzene rings is 1. The molecule has 21 heavy (non-hydrogen) atoms. The van der Waals surface area contributed by atoms with Gasteiger partial charge in [-0.15, -0.1) is 0 Å². The van der Waals surface area contributed by atoms with Gasteiger partial charge in [0.15, 0.2) is 11.6 Å². The normalized spacial score (nSPS) is 10.4. The lowest BCUT2D eigenvalue weighted by atomic mass is 10.1.